The van der Waals surface area contributed by atoms with Crippen molar-refractivity contribution in [1.82, 2.24) is 15.0 Å². The van der Waals surface area contributed by atoms with E-state index in [0.29, 0.717) is 29.1 Å². The second-order valence-corrected chi connectivity index (χ2v) is 9.62. The minimum atomic E-state index is -4.03. The summed E-state index contributed by atoms with van der Waals surface area (Å²) in [6.07, 6.45) is 7.03. The van der Waals surface area contributed by atoms with Gasteiger partial charge in [-0.05, 0) is 42.8 Å². The molecule has 0 saturated carbocycles. The Bertz CT molecular complexity index is 1290. The van der Waals surface area contributed by atoms with Crippen LogP contribution in [0, 0.1) is 0 Å². The molecule has 0 spiro atoms. The Balaban J connectivity index is 1.58. The third kappa shape index (κ3) is 5.94. The normalized spacial score (nSPS) is 11.6. The van der Waals surface area contributed by atoms with E-state index in [1.165, 1.54) is 42.6 Å². The maximum atomic E-state index is 12.9. The second-order valence-electron chi connectivity index (χ2n) is 8.07. The summed E-state index contributed by atoms with van der Waals surface area (Å²) in [6, 6.07) is 20.5. The van der Waals surface area contributed by atoms with E-state index in [4.69, 9.17) is 8.92 Å². The molecular formula is C26H29N3O4S. The fourth-order valence-corrected chi connectivity index (χ4v) is 4.57. The molecule has 178 valence electrons. The van der Waals surface area contributed by atoms with Crippen molar-refractivity contribution >= 4 is 21.2 Å². The molecule has 0 amide bonds. The first-order valence-electron chi connectivity index (χ1n) is 11.7. The topological polar surface area (TPSA) is 83.3 Å². The van der Waals surface area contributed by atoms with Crippen LogP contribution in [0.5, 0.6) is 11.5 Å². The van der Waals surface area contributed by atoms with E-state index in [1.54, 1.807) is 36.4 Å². The monoisotopic (exact) mass is 479 g/mol. The van der Waals surface area contributed by atoms with Gasteiger partial charge in [0.2, 0.25) is 0 Å². The first-order chi connectivity index (χ1) is 16.6. The van der Waals surface area contributed by atoms with Crippen molar-refractivity contribution in [2.45, 2.75) is 50.3 Å². The molecule has 0 radical (unpaired) electrons. The molecule has 0 aliphatic rings. The Morgan fingerprint density at radius 2 is 1.44 bits per heavy atom. The summed E-state index contributed by atoms with van der Waals surface area (Å²) >= 11 is 0. The van der Waals surface area contributed by atoms with E-state index in [1.807, 2.05) is 24.3 Å². The molecule has 34 heavy (non-hydrogen) atoms. The van der Waals surface area contributed by atoms with Crippen molar-refractivity contribution in [1.29, 1.82) is 0 Å². The summed E-state index contributed by atoms with van der Waals surface area (Å²) < 4.78 is 37.2. The van der Waals surface area contributed by atoms with Gasteiger partial charge in [-0.25, -0.2) is 0 Å². The molecule has 7 nitrogen and oxygen atoms in total. The van der Waals surface area contributed by atoms with Gasteiger partial charge in [0.05, 0.1) is 6.61 Å². The van der Waals surface area contributed by atoms with Crippen molar-refractivity contribution in [3.63, 3.8) is 0 Å². The average molecular weight is 480 g/mol. The van der Waals surface area contributed by atoms with Gasteiger partial charge >= 0.3 is 10.1 Å². The summed E-state index contributed by atoms with van der Waals surface area (Å²) in [4.78, 5) is 1.46. The lowest BCUT2D eigenvalue weighted by atomic mass is 10.1. The zero-order valence-electron chi connectivity index (χ0n) is 19.3. The van der Waals surface area contributed by atoms with Crippen LogP contribution in [0.4, 0.5) is 0 Å². The van der Waals surface area contributed by atoms with Crippen LogP contribution in [0.3, 0.4) is 0 Å². The number of aromatic nitrogens is 3. The smallest absolute Gasteiger partial charge is 0.339 e. The lowest BCUT2D eigenvalue weighted by Gasteiger charge is -2.13. The molecule has 0 fully saturated rings. The van der Waals surface area contributed by atoms with E-state index in [-0.39, 0.29) is 10.6 Å². The fraction of sp³-hybridized carbons (Fsp3) is 0.308. The highest BCUT2D eigenvalue weighted by Crippen LogP contribution is 2.30. The molecule has 3 aromatic carbocycles. The van der Waals surface area contributed by atoms with Crippen LogP contribution in [0.15, 0.2) is 77.7 Å². The molecule has 0 aliphatic carbocycles. The quantitative estimate of drug-likeness (QED) is 0.185. The third-order valence-corrected chi connectivity index (χ3v) is 6.68. The summed E-state index contributed by atoms with van der Waals surface area (Å²) in [6.45, 7) is 2.79. The zero-order chi connectivity index (χ0) is 23.8. The molecule has 0 saturated heterocycles. The number of fused-ring (bicyclic) bond motifs is 1. The van der Waals surface area contributed by atoms with Gasteiger partial charge in [0.1, 0.15) is 27.4 Å². The highest BCUT2D eigenvalue weighted by atomic mass is 32.2. The number of nitrogens with zero attached hydrogens (tertiary/aromatic N) is 3. The van der Waals surface area contributed by atoms with E-state index in [9.17, 15) is 8.42 Å². The maximum absolute atomic E-state index is 12.9. The van der Waals surface area contributed by atoms with Gasteiger partial charge in [-0.2, -0.15) is 8.42 Å². The standard InChI is InChI=1S/C26H29N3O4S/c1-2-3-4-5-6-12-19-32-21-17-18-26(33-34(30,31)22-13-8-7-9-14-22)25(20-21)29-27-23-15-10-11-16-24(23)28-29/h7-11,13-18,20H,2-6,12,19H2,1H3. The van der Waals surface area contributed by atoms with E-state index >= 15 is 0 Å². The first-order valence-corrected chi connectivity index (χ1v) is 13.1. The Labute approximate surface area is 200 Å². The maximum Gasteiger partial charge on any atom is 0.339 e. The van der Waals surface area contributed by atoms with Gasteiger partial charge in [0.25, 0.3) is 0 Å². The van der Waals surface area contributed by atoms with Crippen LogP contribution in [0.2, 0.25) is 0 Å². The van der Waals surface area contributed by atoms with Crippen LogP contribution >= 0.6 is 0 Å². The molecule has 8 heteroatoms. The molecule has 0 bridgehead atoms. The molecule has 1 heterocycles. The molecule has 1 aromatic heterocycles. The van der Waals surface area contributed by atoms with Crippen LogP contribution in [-0.2, 0) is 10.1 Å². The Morgan fingerprint density at radius 1 is 0.794 bits per heavy atom. The van der Waals surface area contributed by atoms with E-state index in [2.05, 4.69) is 17.1 Å². The van der Waals surface area contributed by atoms with Crippen molar-refractivity contribution in [3.05, 3.63) is 72.8 Å². The van der Waals surface area contributed by atoms with E-state index in [0.717, 1.165) is 12.8 Å². The number of hydrogen-bond acceptors (Lipinski definition) is 6. The molecule has 0 unspecified atom stereocenters. The van der Waals surface area contributed by atoms with Crippen LogP contribution in [0.1, 0.15) is 45.4 Å². The van der Waals surface area contributed by atoms with Gasteiger partial charge in [-0.1, -0.05) is 69.4 Å². The number of hydrogen-bond donors (Lipinski definition) is 0. The summed E-state index contributed by atoms with van der Waals surface area (Å²) in [5.41, 5.74) is 1.77. The fourth-order valence-electron chi connectivity index (χ4n) is 3.61. The number of benzene rings is 3. The van der Waals surface area contributed by atoms with Gasteiger partial charge in [-0.3, -0.25) is 0 Å². The summed E-state index contributed by atoms with van der Waals surface area (Å²) in [5, 5.41) is 9.00. The Morgan fingerprint density at radius 3 is 2.15 bits per heavy atom. The SMILES string of the molecule is CCCCCCCCOc1ccc(OS(=O)(=O)c2ccccc2)c(-n2nc3ccccc3n2)c1. The highest BCUT2D eigenvalue weighted by Gasteiger charge is 2.21. The van der Waals surface area contributed by atoms with Gasteiger partial charge < -0.3 is 8.92 Å². The van der Waals surface area contributed by atoms with E-state index < -0.39 is 10.1 Å². The Kier molecular flexibility index (Phi) is 7.80. The molecule has 4 rings (SSSR count). The van der Waals surface area contributed by atoms with Crippen LogP contribution in [-0.4, -0.2) is 30.0 Å². The highest BCUT2D eigenvalue weighted by molar-refractivity contribution is 7.87. The average Bonchev–Trinajstić information content (AvgIpc) is 3.29. The minimum absolute atomic E-state index is 0.0722. The van der Waals surface area contributed by atoms with Crippen molar-refractivity contribution < 1.29 is 17.3 Å². The largest absolute Gasteiger partial charge is 0.494 e. The van der Waals surface area contributed by atoms with Gasteiger partial charge in [-0.15, -0.1) is 15.0 Å². The summed E-state index contributed by atoms with van der Waals surface area (Å²) in [7, 11) is -4.03. The summed E-state index contributed by atoms with van der Waals surface area (Å²) in [5.74, 6) is 0.727. The predicted molar refractivity (Wildman–Crippen MR) is 132 cm³/mol. The lowest BCUT2D eigenvalue weighted by molar-refractivity contribution is 0.304. The van der Waals surface area contributed by atoms with Crippen molar-refractivity contribution in [2.24, 2.45) is 0 Å². The first kappa shape index (κ1) is 23.8. The molecular weight excluding hydrogens is 450 g/mol. The predicted octanol–water partition coefficient (Wildman–Crippen LogP) is 5.93. The number of rotatable bonds is 12. The third-order valence-electron chi connectivity index (χ3n) is 5.43. The molecule has 4 aromatic rings. The minimum Gasteiger partial charge on any atom is -0.494 e. The lowest BCUT2D eigenvalue weighted by Crippen LogP contribution is -2.12. The van der Waals surface area contributed by atoms with Crippen LogP contribution < -0.4 is 8.92 Å². The number of unbranched alkanes of at least 4 members (excludes halogenated alkanes) is 5. The van der Waals surface area contributed by atoms with Gasteiger partial charge in [0.15, 0.2) is 5.75 Å². The van der Waals surface area contributed by atoms with Gasteiger partial charge in [0, 0.05) is 6.07 Å². The molecule has 0 N–H and O–H groups in total. The van der Waals surface area contributed by atoms with Crippen molar-refractivity contribution in [3.8, 4) is 17.2 Å². The molecule has 0 atom stereocenters. The number of ether oxygens (including phenoxy) is 1. The Hall–Kier alpha value is -3.39. The van der Waals surface area contributed by atoms with Crippen LogP contribution in [0.25, 0.3) is 16.7 Å². The van der Waals surface area contributed by atoms with Crippen molar-refractivity contribution in [2.75, 3.05) is 6.61 Å². The second kappa shape index (κ2) is 11.2. The zero-order valence-corrected chi connectivity index (χ0v) is 20.1. The molecule has 0 aliphatic heterocycles.